The zero-order valence-corrected chi connectivity index (χ0v) is 13.6. The van der Waals surface area contributed by atoms with Crippen molar-refractivity contribution in [2.24, 2.45) is 11.8 Å². The molecule has 2 unspecified atom stereocenters. The fourth-order valence-corrected chi connectivity index (χ4v) is 3.23. The van der Waals surface area contributed by atoms with Crippen molar-refractivity contribution in [3.05, 3.63) is 34.3 Å². The molecule has 17 heavy (non-hydrogen) atoms. The van der Waals surface area contributed by atoms with Crippen LogP contribution in [-0.4, -0.2) is 19.0 Å². The van der Waals surface area contributed by atoms with Crippen molar-refractivity contribution < 1.29 is 4.74 Å². The maximum absolute atomic E-state index is 5.15. The molecule has 3 heteroatoms. The summed E-state index contributed by atoms with van der Waals surface area (Å²) in [7, 11) is 1.77. The molecule has 0 aliphatic carbocycles. The molecule has 96 valence electrons. The molecular weight excluding hydrogens is 344 g/mol. The predicted molar refractivity (Wildman–Crippen MR) is 80.8 cm³/mol. The van der Waals surface area contributed by atoms with Gasteiger partial charge in [0, 0.05) is 23.5 Å². The molecule has 0 N–H and O–H groups in total. The molecule has 0 spiro atoms. The average molecular weight is 364 g/mol. The quantitative estimate of drug-likeness (QED) is 0.639. The summed E-state index contributed by atoms with van der Waals surface area (Å²) in [5, 5.41) is 1.05. The van der Waals surface area contributed by atoms with E-state index in [9.17, 15) is 0 Å². The summed E-state index contributed by atoms with van der Waals surface area (Å²) in [5.41, 5.74) is 1.40. The van der Waals surface area contributed by atoms with Crippen LogP contribution in [0.2, 0.25) is 0 Å². The summed E-state index contributed by atoms with van der Waals surface area (Å²) < 4.78 is 6.31. The van der Waals surface area contributed by atoms with Gasteiger partial charge in [0.2, 0.25) is 0 Å². The first kappa shape index (κ1) is 15.2. The molecule has 0 aromatic heterocycles. The van der Waals surface area contributed by atoms with Crippen LogP contribution >= 0.6 is 31.9 Å². The van der Waals surface area contributed by atoms with Gasteiger partial charge in [-0.1, -0.05) is 50.9 Å². The molecule has 0 saturated heterocycles. The maximum atomic E-state index is 5.15. The monoisotopic (exact) mass is 362 g/mol. The van der Waals surface area contributed by atoms with Gasteiger partial charge in [0.25, 0.3) is 0 Å². The van der Waals surface area contributed by atoms with Gasteiger partial charge in [-0.15, -0.1) is 0 Å². The molecule has 1 aromatic rings. The van der Waals surface area contributed by atoms with Crippen molar-refractivity contribution in [1.29, 1.82) is 0 Å². The molecule has 0 bridgehead atoms. The zero-order valence-electron chi connectivity index (χ0n) is 10.5. The average Bonchev–Trinajstić information content (AvgIpc) is 2.33. The first-order valence-corrected chi connectivity index (χ1v) is 7.88. The van der Waals surface area contributed by atoms with E-state index in [4.69, 9.17) is 4.74 Å². The molecule has 0 amide bonds. The SMILES string of the molecule is COCCC(C)C(CBr)Cc1cccc(Br)c1. The number of hydrogen-bond acceptors (Lipinski definition) is 1. The zero-order chi connectivity index (χ0) is 12.7. The van der Waals surface area contributed by atoms with E-state index < -0.39 is 0 Å². The van der Waals surface area contributed by atoms with Crippen molar-refractivity contribution in [2.45, 2.75) is 19.8 Å². The molecule has 0 aliphatic heterocycles. The van der Waals surface area contributed by atoms with Crippen LogP contribution in [0.15, 0.2) is 28.7 Å². The Morgan fingerprint density at radius 2 is 2.12 bits per heavy atom. The highest BCUT2D eigenvalue weighted by atomic mass is 79.9. The lowest BCUT2D eigenvalue weighted by atomic mass is 9.88. The molecule has 0 aliphatic rings. The van der Waals surface area contributed by atoms with E-state index in [1.807, 2.05) is 0 Å². The highest BCUT2D eigenvalue weighted by molar-refractivity contribution is 9.10. The van der Waals surface area contributed by atoms with E-state index in [0.717, 1.165) is 29.3 Å². The summed E-state index contributed by atoms with van der Waals surface area (Å²) in [5.74, 6) is 1.34. The Bertz CT molecular complexity index is 328. The van der Waals surface area contributed by atoms with Crippen LogP contribution < -0.4 is 0 Å². The van der Waals surface area contributed by atoms with Crippen molar-refractivity contribution in [3.63, 3.8) is 0 Å². The molecule has 2 atom stereocenters. The lowest BCUT2D eigenvalue weighted by Gasteiger charge is -2.22. The summed E-state index contributed by atoms with van der Waals surface area (Å²) in [6, 6.07) is 8.58. The second-order valence-electron chi connectivity index (χ2n) is 4.51. The fraction of sp³-hybridized carbons (Fsp3) is 0.571. The van der Waals surface area contributed by atoms with Crippen LogP contribution in [0.25, 0.3) is 0 Å². The van der Waals surface area contributed by atoms with E-state index in [0.29, 0.717) is 11.8 Å². The van der Waals surface area contributed by atoms with E-state index in [-0.39, 0.29) is 0 Å². The van der Waals surface area contributed by atoms with Gasteiger partial charge >= 0.3 is 0 Å². The number of hydrogen-bond donors (Lipinski definition) is 0. The third-order valence-corrected chi connectivity index (χ3v) is 4.49. The lowest BCUT2D eigenvalue weighted by molar-refractivity contribution is 0.168. The minimum absolute atomic E-state index is 0.666. The Kier molecular flexibility index (Phi) is 7.40. The normalized spacial score (nSPS) is 14.6. The third-order valence-electron chi connectivity index (χ3n) is 3.17. The van der Waals surface area contributed by atoms with Crippen LogP contribution in [0.4, 0.5) is 0 Å². The highest BCUT2D eigenvalue weighted by Gasteiger charge is 2.16. The predicted octanol–water partition coefficient (Wildman–Crippen LogP) is 4.68. The summed E-state index contributed by atoms with van der Waals surface area (Å²) >= 11 is 7.15. The number of methoxy groups -OCH3 is 1. The molecule has 0 heterocycles. The molecule has 1 aromatic carbocycles. The smallest absolute Gasteiger partial charge is 0.0464 e. The summed E-state index contributed by atoms with van der Waals surface area (Å²) in [6.07, 6.45) is 2.25. The first-order chi connectivity index (χ1) is 8.17. The Labute approximate surface area is 121 Å². The molecule has 1 nitrogen and oxygen atoms in total. The molecule has 1 rings (SSSR count). The third kappa shape index (κ3) is 5.54. The molecule has 0 fully saturated rings. The Morgan fingerprint density at radius 1 is 1.35 bits per heavy atom. The minimum atomic E-state index is 0.666. The lowest BCUT2D eigenvalue weighted by Crippen LogP contribution is -2.17. The van der Waals surface area contributed by atoms with Crippen LogP contribution in [-0.2, 0) is 11.2 Å². The Balaban J connectivity index is 2.56. The topological polar surface area (TPSA) is 9.23 Å². The molecule has 0 radical (unpaired) electrons. The van der Waals surface area contributed by atoms with E-state index >= 15 is 0 Å². The Morgan fingerprint density at radius 3 is 2.71 bits per heavy atom. The van der Waals surface area contributed by atoms with Crippen molar-refractivity contribution >= 4 is 31.9 Å². The van der Waals surface area contributed by atoms with Crippen LogP contribution in [0.1, 0.15) is 18.9 Å². The standard InChI is InChI=1S/C14H20Br2O/c1-11(6-7-17-2)13(10-15)8-12-4-3-5-14(16)9-12/h3-5,9,11,13H,6-8,10H2,1-2H3. The number of rotatable bonds is 7. The van der Waals surface area contributed by atoms with Crippen molar-refractivity contribution in [3.8, 4) is 0 Å². The van der Waals surface area contributed by atoms with Gasteiger partial charge in [0.05, 0.1) is 0 Å². The highest BCUT2D eigenvalue weighted by Crippen LogP contribution is 2.24. The van der Waals surface area contributed by atoms with Gasteiger partial charge in [0.15, 0.2) is 0 Å². The van der Waals surface area contributed by atoms with Gasteiger partial charge in [-0.2, -0.15) is 0 Å². The van der Waals surface area contributed by atoms with Crippen molar-refractivity contribution in [1.82, 2.24) is 0 Å². The number of benzene rings is 1. The van der Waals surface area contributed by atoms with E-state index in [2.05, 4.69) is 63.0 Å². The van der Waals surface area contributed by atoms with Crippen LogP contribution in [0.3, 0.4) is 0 Å². The minimum Gasteiger partial charge on any atom is -0.385 e. The second kappa shape index (κ2) is 8.28. The number of ether oxygens (including phenoxy) is 1. The van der Waals surface area contributed by atoms with Crippen LogP contribution in [0, 0.1) is 11.8 Å². The maximum Gasteiger partial charge on any atom is 0.0464 e. The summed E-state index contributed by atoms with van der Waals surface area (Å²) in [4.78, 5) is 0. The number of alkyl halides is 1. The van der Waals surface area contributed by atoms with Gasteiger partial charge < -0.3 is 4.74 Å². The van der Waals surface area contributed by atoms with Gasteiger partial charge in [0.1, 0.15) is 0 Å². The van der Waals surface area contributed by atoms with Crippen LogP contribution in [0.5, 0.6) is 0 Å². The fourth-order valence-electron chi connectivity index (χ4n) is 1.91. The van der Waals surface area contributed by atoms with Gasteiger partial charge in [-0.3, -0.25) is 0 Å². The molecule has 0 saturated carbocycles. The largest absolute Gasteiger partial charge is 0.385 e. The first-order valence-electron chi connectivity index (χ1n) is 5.96. The van der Waals surface area contributed by atoms with Crippen molar-refractivity contribution in [2.75, 3.05) is 19.0 Å². The second-order valence-corrected chi connectivity index (χ2v) is 6.07. The van der Waals surface area contributed by atoms with E-state index in [1.165, 1.54) is 5.56 Å². The van der Waals surface area contributed by atoms with Gasteiger partial charge in [-0.25, -0.2) is 0 Å². The summed E-state index contributed by atoms with van der Waals surface area (Å²) in [6.45, 7) is 3.16. The number of halogens is 2. The van der Waals surface area contributed by atoms with Gasteiger partial charge in [-0.05, 0) is 42.4 Å². The van der Waals surface area contributed by atoms with E-state index in [1.54, 1.807) is 7.11 Å². The molecular formula is C14H20Br2O. The Hall–Kier alpha value is 0.140.